The Labute approximate surface area is 96.4 Å². The minimum absolute atomic E-state index is 0.271. The highest BCUT2D eigenvalue weighted by atomic mass is 16.5. The quantitative estimate of drug-likeness (QED) is 0.820. The lowest BCUT2D eigenvalue weighted by Crippen LogP contribution is -2.18. The van der Waals surface area contributed by atoms with Gasteiger partial charge in [0, 0.05) is 13.2 Å². The maximum atomic E-state index is 8.82. The largest absolute Gasteiger partial charge is 0.490 e. The highest BCUT2D eigenvalue weighted by Crippen LogP contribution is 2.32. The van der Waals surface area contributed by atoms with Crippen molar-refractivity contribution in [3.63, 3.8) is 0 Å². The molecule has 1 aliphatic rings. The van der Waals surface area contributed by atoms with Gasteiger partial charge < -0.3 is 15.2 Å². The number of fused-ring (bicyclic) bond motifs is 1. The summed E-state index contributed by atoms with van der Waals surface area (Å²) in [7, 11) is 0. The predicted molar refractivity (Wildman–Crippen MR) is 65.2 cm³/mol. The Balaban J connectivity index is 2.10. The summed E-state index contributed by atoms with van der Waals surface area (Å²) in [6, 6.07) is 6.34. The summed E-state index contributed by atoms with van der Waals surface area (Å²) in [5.74, 6) is 1.43. The van der Waals surface area contributed by atoms with Crippen LogP contribution in [0.25, 0.3) is 0 Å². The summed E-state index contributed by atoms with van der Waals surface area (Å²) in [6.07, 6.45) is 1.88. The third kappa shape index (κ3) is 2.47. The highest BCUT2D eigenvalue weighted by Gasteiger charge is 2.12. The number of ether oxygens (including phenoxy) is 1. The van der Waals surface area contributed by atoms with Crippen molar-refractivity contribution in [2.45, 2.75) is 25.7 Å². The molecule has 1 aromatic rings. The third-order valence-corrected chi connectivity index (χ3v) is 3.05. The summed E-state index contributed by atoms with van der Waals surface area (Å²) in [5, 5.41) is 12.1. The molecule has 1 aromatic carbocycles. The molecule has 1 aliphatic heterocycles. The molecular formula is C13H19NO2. The molecule has 2 N–H and O–H groups in total. The van der Waals surface area contributed by atoms with Crippen LogP contribution in [0.3, 0.4) is 0 Å². The minimum Gasteiger partial charge on any atom is -0.490 e. The number of nitrogens with one attached hydrogen (secondary N) is 1. The molecular weight excluding hydrogens is 202 g/mol. The number of hydrogen-bond donors (Lipinski definition) is 2. The Hall–Kier alpha value is -1.22. The molecule has 0 saturated carbocycles. The summed E-state index contributed by atoms with van der Waals surface area (Å²) < 4.78 is 5.61. The molecule has 0 radical (unpaired) electrons. The van der Waals surface area contributed by atoms with E-state index in [0.717, 1.165) is 37.4 Å². The van der Waals surface area contributed by atoms with Crippen LogP contribution in [-0.4, -0.2) is 24.9 Å². The predicted octanol–water partition coefficient (Wildman–Crippen LogP) is 2.37. The number of aliphatic hydroxyl groups excluding tert-OH is 1. The van der Waals surface area contributed by atoms with Crippen molar-refractivity contribution < 1.29 is 9.84 Å². The van der Waals surface area contributed by atoms with Crippen molar-refractivity contribution in [1.29, 1.82) is 0 Å². The third-order valence-electron chi connectivity index (χ3n) is 3.05. The van der Waals surface area contributed by atoms with Crippen molar-refractivity contribution >= 4 is 5.69 Å². The van der Waals surface area contributed by atoms with E-state index in [2.05, 4.69) is 30.4 Å². The smallest absolute Gasteiger partial charge is 0.142 e. The van der Waals surface area contributed by atoms with E-state index in [1.165, 1.54) is 5.56 Å². The summed E-state index contributed by atoms with van der Waals surface area (Å²) in [5.41, 5.74) is 2.38. The zero-order chi connectivity index (χ0) is 11.4. The molecule has 0 bridgehead atoms. The Bertz CT molecular complexity index is 352. The lowest BCUT2D eigenvalue weighted by atomic mass is 9.96. The molecule has 0 fully saturated rings. The average molecular weight is 221 g/mol. The van der Waals surface area contributed by atoms with Crippen molar-refractivity contribution in [2.24, 2.45) is 0 Å². The zero-order valence-electron chi connectivity index (χ0n) is 9.70. The number of benzene rings is 1. The molecule has 3 nitrogen and oxygen atoms in total. The van der Waals surface area contributed by atoms with Crippen molar-refractivity contribution in [3.05, 3.63) is 23.8 Å². The molecule has 0 aromatic heterocycles. The molecule has 1 atom stereocenters. The maximum Gasteiger partial charge on any atom is 0.142 e. The Morgan fingerprint density at radius 1 is 1.50 bits per heavy atom. The molecule has 0 saturated heterocycles. The van der Waals surface area contributed by atoms with Gasteiger partial charge in [-0.3, -0.25) is 0 Å². The van der Waals surface area contributed by atoms with Crippen LogP contribution in [0.5, 0.6) is 5.75 Å². The first-order valence-corrected chi connectivity index (χ1v) is 5.92. The first-order chi connectivity index (χ1) is 7.81. The Morgan fingerprint density at radius 3 is 3.19 bits per heavy atom. The molecule has 1 heterocycles. The lowest BCUT2D eigenvalue weighted by molar-refractivity contribution is 0.280. The van der Waals surface area contributed by atoms with E-state index in [4.69, 9.17) is 9.84 Å². The summed E-state index contributed by atoms with van der Waals surface area (Å²) in [4.78, 5) is 0. The molecule has 3 heteroatoms. The minimum atomic E-state index is 0.271. The fraction of sp³-hybridized carbons (Fsp3) is 0.538. The number of aliphatic hydroxyl groups is 1. The van der Waals surface area contributed by atoms with Gasteiger partial charge in [-0.05, 0) is 36.5 Å². The van der Waals surface area contributed by atoms with Crippen molar-refractivity contribution in [2.75, 3.05) is 25.1 Å². The number of anilines is 1. The number of rotatable bonds is 4. The first kappa shape index (κ1) is 11.3. The van der Waals surface area contributed by atoms with Crippen LogP contribution in [0.4, 0.5) is 5.69 Å². The molecule has 16 heavy (non-hydrogen) atoms. The van der Waals surface area contributed by atoms with Gasteiger partial charge in [0.05, 0.1) is 5.69 Å². The van der Waals surface area contributed by atoms with Crippen molar-refractivity contribution in [3.8, 4) is 5.75 Å². The highest BCUT2D eigenvalue weighted by molar-refractivity contribution is 5.59. The van der Waals surface area contributed by atoms with Crippen LogP contribution in [-0.2, 0) is 0 Å². The van der Waals surface area contributed by atoms with Gasteiger partial charge in [0.25, 0.3) is 0 Å². The van der Waals surface area contributed by atoms with Crippen LogP contribution in [0.1, 0.15) is 31.2 Å². The van der Waals surface area contributed by atoms with Gasteiger partial charge in [0.1, 0.15) is 12.4 Å². The van der Waals surface area contributed by atoms with Gasteiger partial charge >= 0.3 is 0 Å². The number of hydrogen-bond acceptors (Lipinski definition) is 3. The standard InChI is InChI=1S/C13H19NO2/c1-10(3-2-7-15)11-4-5-12-13(9-11)16-8-6-14-12/h4-5,9-10,14-15H,2-3,6-8H2,1H3. The van der Waals surface area contributed by atoms with Gasteiger partial charge in [-0.15, -0.1) is 0 Å². The monoisotopic (exact) mass is 221 g/mol. The fourth-order valence-electron chi connectivity index (χ4n) is 2.02. The van der Waals surface area contributed by atoms with E-state index >= 15 is 0 Å². The van der Waals surface area contributed by atoms with E-state index in [0.29, 0.717) is 5.92 Å². The van der Waals surface area contributed by atoms with E-state index in [1.54, 1.807) is 0 Å². The van der Waals surface area contributed by atoms with Crippen LogP contribution in [0, 0.1) is 0 Å². The normalized spacial score (nSPS) is 15.9. The lowest BCUT2D eigenvalue weighted by Gasteiger charge is -2.21. The van der Waals surface area contributed by atoms with E-state index in [-0.39, 0.29) is 6.61 Å². The van der Waals surface area contributed by atoms with Crippen LogP contribution >= 0.6 is 0 Å². The molecule has 0 aliphatic carbocycles. The Kier molecular flexibility index (Phi) is 3.67. The molecule has 0 amide bonds. The average Bonchev–Trinajstić information content (AvgIpc) is 2.35. The second-order valence-corrected chi connectivity index (χ2v) is 4.30. The van der Waals surface area contributed by atoms with Crippen LogP contribution < -0.4 is 10.1 Å². The Morgan fingerprint density at radius 2 is 2.38 bits per heavy atom. The summed E-state index contributed by atoms with van der Waals surface area (Å²) in [6.45, 7) is 4.08. The zero-order valence-corrected chi connectivity index (χ0v) is 9.70. The second kappa shape index (κ2) is 5.21. The topological polar surface area (TPSA) is 41.5 Å². The van der Waals surface area contributed by atoms with Gasteiger partial charge in [-0.2, -0.15) is 0 Å². The van der Waals surface area contributed by atoms with Crippen LogP contribution in [0.15, 0.2) is 18.2 Å². The van der Waals surface area contributed by atoms with Crippen LogP contribution in [0.2, 0.25) is 0 Å². The van der Waals surface area contributed by atoms with Gasteiger partial charge in [-0.1, -0.05) is 13.0 Å². The van der Waals surface area contributed by atoms with E-state index in [9.17, 15) is 0 Å². The van der Waals surface area contributed by atoms with E-state index in [1.807, 2.05) is 0 Å². The fourth-order valence-corrected chi connectivity index (χ4v) is 2.02. The molecule has 88 valence electrons. The van der Waals surface area contributed by atoms with Gasteiger partial charge in [0.15, 0.2) is 0 Å². The first-order valence-electron chi connectivity index (χ1n) is 5.92. The summed E-state index contributed by atoms with van der Waals surface area (Å²) >= 11 is 0. The van der Waals surface area contributed by atoms with Gasteiger partial charge in [-0.25, -0.2) is 0 Å². The molecule has 1 unspecified atom stereocenters. The van der Waals surface area contributed by atoms with E-state index < -0.39 is 0 Å². The SMILES string of the molecule is CC(CCCO)c1ccc2c(c1)OCCN2. The van der Waals surface area contributed by atoms with Gasteiger partial charge in [0.2, 0.25) is 0 Å². The molecule has 2 rings (SSSR count). The second-order valence-electron chi connectivity index (χ2n) is 4.30. The van der Waals surface area contributed by atoms with Crippen molar-refractivity contribution in [1.82, 2.24) is 0 Å². The maximum absolute atomic E-state index is 8.82. The molecule has 0 spiro atoms.